The minimum atomic E-state index is -0.320. The van der Waals surface area contributed by atoms with Crippen molar-refractivity contribution >= 4 is 0 Å². The van der Waals surface area contributed by atoms with Crippen molar-refractivity contribution in [1.82, 2.24) is 0 Å². The van der Waals surface area contributed by atoms with Crippen LogP contribution in [0.4, 0.5) is 0 Å². The maximum absolute atomic E-state index is 6.71. The molecule has 3 nitrogen and oxygen atoms in total. The zero-order valence-electron chi connectivity index (χ0n) is 21.1. The maximum Gasteiger partial charge on any atom is 0.171 e. The first-order chi connectivity index (χ1) is 15.5. The van der Waals surface area contributed by atoms with Crippen LogP contribution in [0.5, 0.6) is 0 Å². The second-order valence-corrected chi connectivity index (χ2v) is 13.2. The summed E-state index contributed by atoms with van der Waals surface area (Å²) in [5.41, 5.74) is 0.990. The molecule has 0 radical (unpaired) electrons. The van der Waals surface area contributed by atoms with E-state index in [2.05, 4.69) is 20.8 Å². The van der Waals surface area contributed by atoms with Crippen molar-refractivity contribution in [1.29, 1.82) is 0 Å². The van der Waals surface area contributed by atoms with E-state index in [1.54, 1.807) is 0 Å². The van der Waals surface area contributed by atoms with Gasteiger partial charge in [0, 0.05) is 18.3 Å². The highest BCUT2D eigenvalue weighted by Gasteiger charge is 2.78. The quantitative estimate of drug-likeness (QED) is 0.305. The molecule has 8 atom stereocenters. The lowest BCUT2D eigenvalue weighted by molar-refractivity contribution is -0.226. The molecule has 2 aliphatic heterocycles. The van der Waals surface area contributed by atoms with Crippen LogP contribution in [-0.4, -0.2) is 30.7 Å². The molecule has 2 saturated heterocycles. The van der Waals surface area contributed by atoms with Gasteiger partial charge < -0.3 is 14.2 Å². The normalized spacial score (nSPS) is 50.5. The Morgan fingerprint density at radius 3 is 2.41 bits per heavy atom. The highest BCUT2D eigenvalue weighted by Crippen LogP contribution is 2.75. The molecule has 182 valence electrons. The van der Waals surface area contributed by atoms with E-state index in [0.29, 0.717) is 16.9 Å². The lowest BCUT2D eigenvalue weighted by Crippen LogP contribution is -2.60. The minimum Gasteiger partial charge on any atom is -0.365 e. The fourth-order valence-corrected chi connectivity index (χ4v) is 10.1. The summed E-state index contributed by atoms with van der Waals surface area (Å²) in [6, 6.07) is 0. The van der Waals surface area contributed by atoms with Crippen LogP contribution in [0.3, 0.4) is 0 Å². The second-order valence-electron chi connectivity index (χ2n) is 13.2. The standard InChI is InChI=1S/C29H48O3/c1-4-5-6-7-8-9-10-21-11-12-23-22-19-25-29(32-25)20-28(30-17-18-31-28)16-15-27(29,3)24(22)13-14-26(21,23)2/h21-25H,4-20H2,1-3H3/t21?,22?,23?,24?,25-,26-,27-,29-/m1/s1. The lowest BCUT2D eigenvalue weighted by Gasteiger charge is -2.60. The van der Waals surface area contributed by atoms with Gasteiger partial charge in [-0.1, -0.05) is 59.3 Å². The van der Waals surface area contributed by atoms with E-state index in [9.17, 15) is 0 Å². The van der Waals surface area contributed by atoms with E-state index in [-0.39, 0.29) is 11.4 Å². The largest absolute Gasteiger partial charge is 0.365 e. The van der Waals surface area contributed by atoms with Gasteiger partial charge in [0.2, 0.25) is 0 Å². The smallest absolute Gasteiger partial charge is 0.171 e. The molecule has 4 aliphatic carbocycles. The predicted octanol–water partition coefficient (Wildman–Crippen LogP) is 7.27. The Labute approximate surface area is 196 Å². The third-order valence-corrected chi connectivity index (χ3v) is 12.0. The van der Waals surface area contributed by atoms with Gasteiger partial charge in [0.05, 0.1) is 19.3 Å². The first kappa shape index (κ1) is 22.4. The van der Waals surface area contributed by atoms with Crippen LogP contribution in [0.15, 0.2) is 0 Å². The monoisotopic (exact) mass is 444 g/mol. The molecule has 0 aromatic carbocycles. The van der Waals surface area contributed by atoms with Crippen molar-refractivity contribution < 1.29 is 14.2 Å². The summed E-state index contributed by atoms with van der Waals surface area (Å²) in [6.07, 6.45) is 21.1. The molecular weight excluding hydrogens is 396 g/mol. The van der Waals surface area contributed by atoms with E-state index in [1.807, 2.05) is 0 Å². The number of epoxide rings is 1. The number of unbranched alkanes of at least 4 members (excludes halogenated alkanes) is 5. The molecule has 2 heterocycles. The van der Waals surface area contributed by atoms with Crippen LogP contribution in [-0.2, 0) is 14.2 Å². The van der Waals surface area contributed by atoms with E-state index < -0.39 is 0 Å². The third kappa shape index (κ3) is 3.15. The fraction of sp³-hybridized carbons (Fsp3) is 1.00. The Bertz CT molecular complexity index is 701. The van der Waals surface area contributed by atoms with Gasteiger partial charge >= 0.3 is 0 Å². The molecular formula is C29H48O3. The second kappa shape index (κ2) is 7.95. The van der Waals surface area contributed by atoms with Gasteiger partial charge in [-0.2, -0.15) is 0 Å². The molecule has 0 bridgehead atoms. The lowest BCUT2D eigenvalue weighted by atomic mass is 9.44. The minimum absolute atomic E-state index is 0.0565. The van der Waals surface area contributed by atoms with E-state index >= 15 is 0 Å². The van der Waals surface area contributed by atoms with Gasteiger partial charge in [-0.3, -0.25) is 0 Å². The number of ether oxygens (including phenoxy) is 3. The van der Waals surface area contributed by atoms with Crippen LogP contribution >= 0.6 is 0 Å². The number of rotatable bonds is 7. The molecule has 32 heavy (non-hydrogen) atoms. The molecule has 0 aromatic heterocycles. The van der Waals surface area contributed by atoms with Gasteiger partial charge in [0.1, 0.15) is 5.60 Å². The third-order valence-electron chi connectivity index (χ3n) is 12.0. The van der Waals surface area contributed by atoms with Gasteiger partial charge in [-0.25, -0.2) is 0 Å². The van der Waals surface area contributed by atoms with Crippen molar-refractivity contribution in [2.24, 2.45) is 34.5 Å². The summed E-state index contributed by atoms with van der Waals surface area (Å²) >= 11 is 0. The molecule has 6 aliphatic rings. The topological polar surface area (TPSA) is 31.0 Å². The predicted molar refractivity (Wildman–Crippen MR) is 127 cm³/mol. The van der Waals surface area contributed by atoms with Crippen molar-refractivity contribution in [2.75, 3.05) is 13.2 Å². The summed E-state index contributed by atoms with van der Waals surface area (Å²) in [6.45, 7) is 9.17. The zero-order valence-corrected chi connectivity index (χ0v) is 21.1. The maximum atomic E-state index is 6.71. The Morgan fingerprint density at radius 1 is 0.812 bits per heavy atom. The molecule has 3 heteroatoms. The molecule has 0 N–H and O–H groups in total. The zero-order chi connectivity index (χ0) is 22.0. The first-order valence-corrected chi connectivity index (χ1v) is 14.4. The SMILES string of the molecule is CCCCCCCCC1CCC2C3C[C@H]4O[C@]45CC4(CC[C@]5(C)C3CC[C@]12C)OCCO4. The van der Waals surface area contributed by atoms with Crippen LogP contribution in [0.2, 0.25) is 0 Å². The fourth-order valence-electron chi connectivity index (χ4n) is 10.1. The molecule has 2 spiro atoms. The highest BCUT2D eigenvalue weighted by atomic mass is 16.7. The van der Waals surface area contributed by atoms with E-state index in [1.165, 1.54) is 83.5 Å². The average Bonchev–Trinajstić information content (AvgIpc) is 3.12. The van der Waals surface area contributed by atoms with Crippen molar-refractivity contribution in [3.8, 4) is 0 Å². The van der Waals surface area contributed by atoms with Crippen LogP contribution in [0.25, 0.3) is 0 Å². The van der Waals surface area contributed by atoms with Crippen molar-refractivity contribution in [3.05, 3.63) is 0 Å². The number of hydrogen-bond donors (Lipinski definition) is 0. The Balaban J connectivity index is 1.13. The summed E-state index contributed by atoms with van der Waals surface area (Å²) in [5.74, 6) is 3.36. The number of fused-ring (bicyclic) bond motifs is 4. The van der Waals surface area contributed by atoms with Crippen LogP contribution in [0, 0.1) is 34.5 Å². The summed E-state index contributed by atoms with van der Waals surface area (Å²) in [7, 11) is 0. The van der Waals surface area contributed by atoms with Gasteiger partial charge in [0.25, 0.3) is 0 Å². The first-order valence-electron chi connectivity index (χ1n) is 14.4. The summed E-state index contributed by atoms with van der Waals surface area (Å²) < 4.78 is 19.0. The highest BCUT2D eigenvalue weighted by molar-refractivity contribution is 5.25. The van der Waals surface area contributed by atoms with Crippen molar-refractivity contribution in [2.45, 2.75) is 135 Å². The molecule has 4 saturated carbocycles. The van der Waals surface area contributed by atoms with Crippen LogP contribution in [0.1, 0.15) is 117 Å². The van der Waals surface area contributed by atoms with Gasteiger partial charge in [-0.15, -0.1) is 0 Å². The molecule has 6 fully saturated rings. The average molecular weight is 445 g/mol. The van der Waals surface area contributed by atoms with Gasteiger partial charge in [-0.05, 0) is 74.0 Å². The molecule has 6 rings (SSSR count). The summed E-state index contributed by atoms with van der Waals surface area (Å²) in [4.78, 5) is 0. The van der Waals surface area contributed by atoms with Crippen LogP contribution < -0.4 is 0 Å². The van der Waals surface area contributed by atoms with E-state index in [0.717, 1.165) is 49.7 Å². The Morgan fingerprint density at radius 2 is 1.59 bits per heavy atom. The number of hydrogen-bond acceptors (Lipinski definition) is 3. The molecule has 0 aromatic rings. The van der Waals surface area contributed by atoms with E-state index in [4.69, 9.17) is 14.2 Å². The van der Waals surface area contributed by atoms with Gasteiger partial charge in [0.15, 0.2) is 5.79 Å². The van der Waals surface area contributed by atoms with Crippen molar-refractivity contribution in [3.63, 3.8) is 0 Å². The Hall–Kier alpha value is -0.120. The molecule has 0 amide bonds. The Kier molecular flexibility index (Phi) is 5.55. The molecule has 4 unspecified atom stereocenters. The summed E-state index contributed by atoms with van der Waals surface area (Å²) in [5, 5.41) is 0.